The molecule has 3 aliphatic heterocycles. The molecule has 2 fully saturated rings. The van der Waals surface area contributed by atoms with E-state index >= 15 is 0 Å². The molecule has 1 aromatic rings. The third kappa shape index (κ3) is 2.78. The summed E-state index contributed by atoms with van der Waals surface area (Å²) in [5, 5.41) is 0. The lowest BCUT2D eigenvalue weighted by Crippen LogP contribution is -2.49. The Bertz CT molecular complexity index is 726. The standard InChI is InChI=1S/C17H24N2O4S/c1-18-8-2-5-17(12-18)6-9-19(10-7-17)24(20,21)14-3-4-15-16(11-14)23-13-22-15/h3-4,11H,2,5-10,12-13H2,1H3. The number of piperidine rings is 2. The van der Waals surface area contributed by atoms with Crippen LogP contribution in [-0.2, 0) is 10.0 Å². The summed E-state index contributed by atoms with van der Waals surface area (Å²) in [5.41, 5.74) is 0.300. The molecule has 3 aliphatic rings. The Hall–Kier alpha value is -1.31. The Morgan fingerprint density at radius 2 is 1.79 bits per heavy atom. The minimum atomic E-state index is -3.47. The van der Waals surface area contributed by atoms with Gasteiger partial charge in [0.15, 0.2) is 11.5 Å². The third-order valence-electron chi connectivity index (χ3n) is 5.62. The fourth-order valence-electron chi connectivity index (χ4n) is 4.25. The second-order valence-electron chi connectivity index (χ2n) is 7.26. The van der Waals surface area contributed by atoms with Crippen molar-refractivity contribution in [1.82, 2.24) is 9.21 Å². The van der Waals surface area contributed by atoms with E-state index in [4.69, 9.17) is 9.47 Å². The first-order chi connectivity index (χ1) is 11.5. The van der Waals surface area contributed by atoms with Gasteiger partial charge in [-0.05, 0) is 56.8 Å². The molecular formula is C17H24N2O4S. The van der Waals surface area contributed by atoms with Crippen molar-refractivity contribution in [3.63, 3.8) is 0 Å². The summed E-state index contributed by atoms with van der Waals surface area (Å²) in [5.74, 6) is 1.12. The normalized spacial score (nSPS) is 24.4. The van der Waals surface area contributed by atoms with Crippen LogP contribution in [0.2, 0.25) is 0 Å². The lowest BCUT2D eigenvalue weighted by molar-refractivity contribution is 0.0565. The summed E-state index contributed by atoms with van der Waals surface area (Å²) < 4.78 is 38.1. The summed E-state index contributed by atoms with van der Waals surface area (Å²) >= 11 is 0. The van der Waals surface area contributed by atoms with E-state index in [1.54, 1.807) is 22.5 Å². The third-order valence-corrected chi connectivity index (χ3v) is 7.51. The van der Waals surface area contributed by atoms with Crippen LogP contribution in [0.25, 0.3) is 0 Å². The van der Waals surface area contributed by atoms with Crippen molar-refractivity contribution in [2.75, 3.05) is 40.0 Å². The van der Waals surface area contributed by atoms with Crippen molar-refractivity contribution in [3.05, 3.63) is 18.2 Å². The number of hydrogen-bond acceptors (Lipinski definition) is 5. The molecule has 0 bridgehead atoms. The SMILES string of the molecule is CN1CCCC2(CCN(S(=O)(=O)c3ccc4c(c3)OCO4)CC2)C1. The van der Waals surface area contributed by atoms with Crippen LogP contribution in [0.3, 0.4) is 0 Å². The number of likely N-dealkylation sites (tertiary alicyclic amines) is 1. The van der Waals surface area contributed by atoms with E-state index < -0.39 is 10.0 Å². The lowest BCUT2D eigenvalue weighted by Gasteiger charge is -2.46. The Balaban J connectivity index is 1.50. The molecule has 0 N–H and O–H groups in total. The van der Waals surface area contributed by atoms with Crippen LogP contribution >= 0.6 is 0 Å². The van der Waals surface area contributed by atoms with Gasteiger partial charge in [-0.2, -0.15) is 4.31 Å². The molecule has 2 saturated heterocycles. The van der Waals surface area contributed by atoms with Gasteiger partial charge in [-0.1, -0.05) is 0 Å². The number of ether oxygens (including phenoxy) is 2. The highest BCUT2D eigenvalue weighted by Gasteiger charge is 2.40. The van der Waals surface area contributed by atoms with Crippen molar-refractivity contribution < 1.29 is 17.9 Å². The Kier molecular flexibility index (Phi) is 3.97. The van der Waals surface area contributed by atoms with Gasteiger partial charge in [0.25, 0.3) is 0 Å². The fraction of sp³-hybridized carbons (Fsp3) is 0.647. The molecule has 0 aromatic heterocycles. The summed E-state index contributed by atoms with van der Waals surface area (Å²) in [7, 11) is -1.30. The summed E-state index contributed by atoms with van der Waals surface area (Å²) in [6.07, 6.45) is 4.32. The topological polar surface area (TPSA) is 59.1 Å². The lowest BCUT2D eigenvalue weighted by atomic mass is 9.73. The molecule has 4 rings (SSSR count). The number of benzene rings is 1. The Morgan fingerprint density at radius 3 is 2.54 bits per heavy atom. The fourth-order valence-corrected chi connectivity index (χ4v) is 5.71. The minimum absolute atomic E-state index is 0.151. The van der Waals surface area contributed by atoms with Gasteiger partial charge in [0.1, 0.15) is 0 Å². The van der Waals surface area contributed by atoms with E-state index in [0.717, 1.165) is 25.9 Å². The van der Waals surface area contributed by atoms with Crippen LogP contribution in [-0.4, -0.2) is 57.6 Å². The van der Waals surface area contributed by atoms with Crippen molar-refractivity contribution in [3.8, 4) is 11.5 Å². The predicted octanol–water partition coefficient (Wildman–Crippen LogP) is 1.91. The molecule has 0 amide bonds. The highest BCUT2D eigenvalue weighted by Crippen LogP contribution is 2.41. The number of rotatable bonds is 2. The smallest absolute Gasteiger partial charge is 0.243 e. The highest BCUT2D eigenvalue weighted by atomic mass is 32.2. The van der Waals surface area contributed by atoms with Gasteiger partial charge in [-0.3, -0.25) is 0 Å². The zero-order valence-electron chi connectivity index (χ0n) is 14.0. The number of fused-ring (bicyclic) bond motifs is 1. The van der Waals surface area contributed by atoms with Crippen molar-refractivity contribution >= 4 is 10.0 Å². The maximum atomic E-state index is 12.9. The highest BCUT2D eigenvalue weighted by molar-refractivity contribution is 7.89. The molecule has 0 saturated carbocycles. The van der Waals surface area contributed by atoms with Crippen LogP contribution in [0.15, 0.2) is 23.1 Å². The van der Waals surface area contributed by atoms with Crippen molar-refractivity contribution in [2.45, 2.75) is 30.6 Å². The van der Waals surface area contributed by atoms with Crippen molar-refractivity contribution in [2.24, 2.45) is 5.41 Å². The summed E-state index contributed by atoms with van der Waals surface area (Å²) in [6.45, 7) is 3.60. The van der Waals surface area contributed by atoms with Crippen molar-refractivity contribution in [1.29, 1.82) is 0 Å². The first-order valence-electron chi connectivity index (χ1n) is 8.57. The van der Waals surface area contributed by atoms with E-state index in [2.05, 4.69) is 11.9 Å². The van der Waals surface area contributed by atoms with Gasteiger partial charge in [-0.25, -0.2) is 8.42 Å². The van der Waals surface area contributed by atoms with Crippen LogP contribution in [0.1, 0.15) is 25.7 Å². The predicted molar refractivity (Wildman–Crippen MR) is 89.7 cm³/mol. The van der Waals surface area contributed by atoms with E-state index in [-0.39, 0.29) is 6.79 Å². The molecule has 0 aliphatic carbocycles. The summed E-state index contributed by atoms with van der Waals surface area (Å²) in [6, 6.07) is 4.87. The van der Waals surface area contributed by atoms with Gasteiger partial charge in [0.2, 0.25) is 16.8 Å². The first kappa shape index (κ1) is 16.2. The van der Waals surface area contributed by atoms with Gasteiger partial charge < -0.3 is 14.4 Å². The number of nitrogens with zero attached hydrogens (tertiary/aromatic N) is 2. The zero-order chi connectivity index (χ0) is 16.8. The van der Waals surface area contributed by atoms with E-state index in [0.29, 0.717) is 34.9 Å². The van der Waals surface area contributed by atoms with Gasteiger partial charge >= 0.3 is 0 Å². The molecule has 0 radical (unpaired) electrons. The van der Waals surface area contributed by atoms with Crippen LogP contribution in [0, 0.1) is 5.41 Å². The summed E-state index contributed by atoms with van der Waals surface area (Å²) in [4.78, 5) is 2.68. The monoisotopic (exact) mass is 352 g/mol. The molecule has 0 atom stereocenters. The average molecular weight is 352 g/mol. The maximum absolute atomic E-state index is 12.9. The molecule has 1 aromatic carbocycles. The minimum Gasteiger partial charge on any atom is -0.454 e. The molecule has 132 valence electrons. The molecule has 0 unspecified atom stereocenters. The van der Waals surface area contributed by atoms with Crippen LogP contribution in [0.4, 0.5) is 0 Å². The Morgan fingerprint density at radius 1 is 1.04 bits per heavy atom. The van der Waals surface area contributed by atoms with Crippen LogP contribution < -0.4 is 9.47 Å². The molecule has 3 heterocycles. The molecule has 6 nitrogen and oxygen atoms in total. The van der Waals surface area contributed by atoms with Gasteiger partial charge in [-0.15, -0.1) is 0 Å². The molecular weight excluding hydrogens is 328 g/mol. The van der Waals surface area contributed by atoms with Crippen LogP contribution in [0.5, 0.6) is 11.5 Å². The zero-order valence-corrected chi connectivity index (χ0v) is 14.8. The van der Waals surface area contributed by atoms with E-state index in [9.17, 15) is 8.42 Å². The molecule has 1 spiro atoms. The number of hydrogen-bond donors (Lipinski definition) is 0. The van der Waals surface area contributed by atoms with Gasteiger partial charge in [0.05, 0.1) is 4.90 Å². The first-order valence-corrected chi connectivity index (χ1v) is 10.0. The van der Waals surface area contributed by atoms with E-state index in [1.165, 1.54) is 12.8 Å². The molecule has 7 heteroatoms. The quantitative estimate of drug-likeness (QED) is 0.814. The van der Waals surface area contributed by atoms with Gasteiger partial charge in [0, 0.05) is 25.7 Å². The number of sulfonamides is 1. The Labute approximate surface area is 143 Å². The largest absolute Gasteiger partial charge is 0.454 e. The molecule has 24 heavy (non-hydrogen) atoms. The van der Waals surface area contributed by atoms with E-state index in [1.807, 2.05) is 0 Å². The second-order valence-corrected chi connectivity index (χ2v) is 9.20. The maximum Gasteiger partial charge on any atom is 0.243 e. The second kappa shape index (κ2) is 5.89. The average Bonchev–Trinajstić information content (AvgIpc) is 3.02.